The molecule has 0 aromatic heterocycles. The molecule has 1 aliphatic carbocycles. The zero-order valence-electron chi connectivity index (χ0n) is 13.6. The highest BCUT2D eigenvalue weighted by molar-refractivity contribution is 8.00. The Labute approximate surface area is 142 Å². The van der Waals surface area contributed by atoms with Gasteiger partial charge in [-0.2, -0.15) is 0 Å². The molecule has 1 heterocycles. The first-order valence-corrected chi connectivity index (χ1v) is 9.33. The Morgan fingerprint density at radius 1 is 1.13 bits per heavy atom. The Morgan fingerprint density at radius 2 is 1.78 bits per heavy atom. The van der Waals surface area contributed by atoms with E-state index in [9.17, 15) is 4.79 Å². The minimum atomic E-state index is -0.755. The second kappa shape index (κ2) is 7.24. The summed E-state index contributed by atoms with van der Waals surface area (Å²) < 4.78 is 5.44. The second-order valence-corrected chi connectivity index (χ2v) is 8.30. The van der Waals surface area contributed by atoms with Crippen LogP contribution in [0.1, 0.15) is 38.5 Å². The van der Waals surface area contributed by atoms with E-state index in [1.807, 2.05) is 17.8 Å². The van der Waals surface area contributed by atoms with Crippen LogP contribution >= 0.6 is 11.8 Å². The molecule has 5 heteroatoms. The third kappa shape index (κ3) is 4.08. The third-order valence-corrected chi connectivity index (χ3v) is 6.49. The van der Waals surface area contributed by atoms with Crippen molar-refractivity contribution >= 4 is 17.7 Å². The largest absolute Gasteiger partial charge is 0.381 e. The monoisotopic (exact) mass is 334 g/mol. The maximum absolute atomic E-state index is 12.6. The van der Waals surface area contributed by atoms with Crippen molar-refractivity contribution in [2.75, 3.05) is 19.8 Å². The third-order valence-electron chi connectivity index (χ3n) is 5.00. The van der Waals surface area contributed by atoms with Crippen molar-refractivity contribution in [2.24, 2.45) is 5.73 Å². The van der Waals surface area contributed by atoms with Crippen LogP contribution in [0.15, 0.2) is 35.2 Å². The predicted octanol–water partition coefficient (Wildman–Crippen LogP) is 2.72. The molecule has 2 fully saturated rings. The predicted molar refractivity (Wildman–Crippen MR) is 93.5 cm³/mol. The van der Waals surface area contributed by atoms with Gasteiger partial charge in [-0.25, -0.2) is 0 Å². The summed E-state index contributed by atoms with van der Waals surface area (Å²) in [4.78, 5) is 13.8. The van der Waals surface area contributed by atoms with E-state index in [1.54, 1.807) is 0 Å². The average Bonchev–Trinajstić information content (AvgIpc) is 3.03. The molecule has 1 aromatic rings. The lowest BCUT2D eigenvalue weighted by atomic mass is 9.90. The Hall–Kier alpha value is -1.04. The summed E-state index contributed by atoms with van der Waals surface area (Å²) in [6, 6.07) is 10.5. The zero-order valence-corrected chi connectivity index (χ0v) is 14.4. The SMILES string of the molecule is NC1(C(=O)NCC2(Sc3ccccc3)CCCC2)CCOCC1. The van der Waals surface area contributed by atoms with E-state index in [1.165, 1.54) is 17.7 Å². The maximum atomic E-state index is 12.6. The Balaban J connectivity index is 1.62. The van der Waals surface area contributed by atoms with Crippen LogP contribution in [0.4, 0.5) is 0 Å². The van der Waals surface area contributed by atoms with Gasteiger partial charge in [0.2, 0.25) is 5.91 Å². The fraction of sp³-hybridized carbons (Fsp3) is 0.611. The summed E-state index contributed by atoms with van der Waals surface area (Å²) in [6.07, 6.45) is 5.98. The molecule has 1 amide bonds. The van der Waals surface area contributed by atoms with Crippen molar-refractivity contribution < 1.29 is 9.53 Å². The van der Waals surface area contributed by atoms with Crippen LogP contribution in [0.2, 0.25) is 0 Å². The van der Waals surface area contributed by atoms with Crippen molar-refractivity contribution in [3.63, 3.8) is 0 Å². The Bertz CT molecular complexity index is 523. The molecule has 1 saturated heterocycles. The van der Waals surface area contributed by atoms with Gasteiger partial charge < -0.3 is 15.8 Å². The average molecular weight is 334 g/mol. The second-order valence-electron chi connectivity index (χ2n) is 6.76. The molecule has 3 N–H and O–H groups in total. The topological polar surface area (TPSA) is 64.4 Å². The standard InChI is InChI=1S/C18H26N2O2S/c19-18(10-12-22-13-11-18)16(21)20-14-17(8-4-5-9-17)23-15-6-2-1-3-7-15/h1-3,6-7H,4-5,8-14,19H2,(H,20,21). The van der Waals surface area contributed by atoms with Gasteiger partial charge in [0.15, 0.2) is 0 Å². The molecule has 2 aliphatic rings. The van der Waals surface area contributed by atoms with Crippen LogP contribution in [-0.2, 0) is 9.53 Å². The van der Waals surface area contributed by atoms with Crippen LogP contribution in [0, 0.1) is 0 Å². The summed E-state index contributed by atoms with van der Waals surface area (Å²) in [5.74, 6) is -0.0132. The van der Waals surface area contributed by atoms with Gasteiger partial charge >= 0.3 is 0 Å². The minimum absolute atomic E-state index is 0.0132. The number of rotatable bonds is 5. The quantitative estimate of drug-likeness (QED) is 0.869. The van der Waals surface area contributed by atoms with E-state index in [2.05, 4.69) is 29.6 Å². The van der Waals surface area contributed by atoms with E-state index in [4.69, 9.17) is 10.5 Å². The van der Waals surface area contributed by atoms with Crippen molar-refractivity contribution in [1.82, 2.24) is 5.32 Å². The molecule has 1 saturated carbocycles. The van der Waals surface area contributed by atoms with Crippen LogP contribution in [0.5, 0.6) is 0 Å². The summed E-state index contributed by atoms with van der Waals surface area (Å²) in [6.45, 7) is 1.85. The van der Waals surface area contributed by atoms with Crippen LogP contribution in [0.3, 0.4) is 0 Å². The van der Waals surface area contributed by atoms with E-state index >= 15 is 0 Å². The number of carbonyl (C=O) groups is 1. The number of ether oxygens (including phenoxy) is 1. The Morgan fingerprint density at radius 3 is 2.43 bits per heavy atom. The summed E-state index contributed by atoms with van der Waals surface area (Å²) in [7, 11) is 0. The van der Waals surface area contributed by atoms with Gasteiger partial charge in [0.25, 0.3) is 0 Å². The van der Waals surface area contributed by atoms with Crippen LogP contribution in [0.25, 0.3) is 0 Å². The molecular formula is C18H26N2O2S. The molecule has 0 spiro atoms. The fourth-order valence-electron chi connectivity index (χ4n) is 3.45. The highest BCUT2D eigenvalue weighted by Gasteiger charge is 2.39. The van der Waals surface area contributed by atoms with E-state index in [0.29, 0.717) is 32.6 Å². The fourth-order valence-corrected chi connectivity index (χ4v) is 4.88. The molecule has 23 heavy (non-hydrogen) atoms. The van der Waals surface area contributed by atoms with Crippen molar-refractivity contribution in [3.8, 4) is 0 Å². The molecule has 0 unspecified atom stereocenters. The van der Waals surface area contributed by atoms with Gasteiger partial charge in [0, 0.05) is 29.4 Å². The molecule has 1 aromatic carbocycles. The molecule has 3 rings (SSSR count). The van der Waals surface area contributed by atoms with E-state index in [-0.39, 0.29) is 10.7 Å². The first-order valence-electron chi connectivity index (χ1n) is 8.51. The van der Waals surface area contributed by atoms with Gasteiger partial charge in [-0.05, 0) is 37.8 Å². The molecule has 4 nitrogen and oxygen atoms in total. The number of thioether (sulfide) groups is 1. The molecule has 0 radical (unpaired) electrons. The van der Waals surface area contributed by atoms with Gasteiger partial charge in [0.1, 0.15) is 0 Å². The van der Waals surface area contributed by atoms with E-state index in [0.717, 1.165) is 12.8 Å². The van der Waals surface area contributed by atoms with Crippen molar-refractivity contribution in [3.05, 3.63) is 30.3 Å². The van der Waals surface area contributed by atoms with Crippen molar-refractivity contribution in [2.45, 2.75) is 53.7 Å². The molecule has 0 atom stereocenters. The lowest BCUT2D eigenvalue weighted by Gasteiger charge is -2.34. The number of hydrogen-bond acceptors (Lipinski definition) is 4. The lowest BCUT2D eigenvalue weighted by molar-refractivity contribution is -0.129. The zero-order chi connectivity index (χ0) is 16.2. The molecule has 126 valence electrons. The van der Waals surface area contributed by atoms with Gasteiger partial charge in [-0.15, -0.1) is 11.8 Å². The van der Waals surface area contributed by atoms with Gasteiger partial charge in [-0.3, -0.25) is 4.79 Å². The highest BCUT2D eigenvalue weighted by atomic mass is 32.2. The number of amides is 1. The summed E-state index contributed by atoms with van der Waals surface area (Å²) in [5, 5.41) is 3.16. The number of hydrogen-bond donors (Lipinski definition) is 2. The number of carbonyl (C=O) groups excluding carboxylic acids is 1. The van der Waals surface area contributed by atoms with Crippen LogP contribution in [-0.4, -0.2) is 36.0 Å². The lowest BCUT2D eigenvalue weighted by Crippen LogP contribution is -2.58. The number of nitrogens with one attached hydrogen (secondary N) is 1. The normalized spacial score (nSPS) is 22.7. The first-order chi connectivity index (χ1) is 11.1. The minimum Gasteiger partial charge on any atom is -0.381 e. The van der Waals surface area contributed by atoms with Gasteiger partial charge in [-0.1, -0.05) is 31.0 Å². The first kappa shape index (κ1) is 16.8. The smallest absolute Gasteiger partial charge is 0.240 e. The molecule has 1 aliphatic heterocycles. The molecule has 0 bridgehead atoms. The highest BCUT2D eigenvalue weighted by Crippen LogP contribution is 2.44. The van der Waals surface area contributed by atoms with Gasteiger partial charge in [0.05, 0.1) is 5.54 Å². The van der Waals surface area contributed by atoms with Crippen molar-refractivity contribution in [1.29, 1.82) is 0 Å². The molecular weight excluding hydrogens is 308 g/mol. The van der Waals surface area contributed by atoms with Crippen LogP contribution < -0.4 is 11.1 Å². The Kier molecular flexibility index (Phi) is 5.29. The summed E-state index contributed by atoms with van der Waals surface area (Å²) in [5.41, 5.74) is 5.53. The number of nitrogens with two attached hydrogens (primary N) is 1. The maximum Gasteiger partial charge on any atom is 0.240 e. The number of benzene rings is 1. The summed E-state index contributed by atoms with van der Waals surface area (Å²) >= 11 is 1.91. The van der Waals surface area contributed by atoms with E-state index < -0.39 is 5.54 Å².